The average Bonchev–Trinajstić information content (AvgIpc) is 2.85. The van der Waals surface area contributed by atoms with Crippen LogP contribution in [-0.4, -0.2) is 74.6 Å². The predicted octanol–water partition coefficient (Wildman–Crippen LogP) is 1.55. The summed E-state index contributed by atoms with van der Waals surface area (Å²) in [5.74, 6) is -1.32. The fraction of sp³-hybridized carbons (Fsp3) is 0.462. The van der Waals surface area contributed by atoms with Crippen molar-refractivity contribution in [3.8, 4) is 11.5 Å². The van der Waals surface area contributed by atoms with E-state index in [0.717, 1.165) is 35.2 Å². The molecule has 2 heterocycles. The molecule has 37 heavy (non-hydrogen) atoms. The van der Waals surface area contributed by atoms with E-state index in [9.17, 15) is 19.5 Å². The second-order valence-corrected chi connectivity index (χ2v) is 8.96. The maximum atomic E-state index is 11.8. The van der Waals surface area contributed by atoms with Crippen molar-refractivity contribution in [1.29, 1.82) is 0 Å². The summed E-state index contributed by atoms with van der Waals surface area (Å²) >= 11 is 0. The second kappa shape index (κ2) is 12.0. The highest BCUT2D eigenvalue weighted by molar-refractivity contribution is 6.14. The Morgan fingerprint density at radius 1 is 1.19 bits per heavy atom. The summed E-state index contributed by atoms with van der Waals surface area (Å²) in [6.07, 6.45) is 1.27. The molecule has 4 N–H and O–H groups in total. The number of nitrogens with zero attached hydrogens (tertiary/aromatic N) is 2. The molecule has 1 fully saturated rings. The molecule has 11 nitrogen and oxygen atoms in total. The monoisotopic (exact) mass is 516 g/mol. The first-order chi connectivity index (χ1) is 17.5. The van der Waals surface area contributed by atoms with Gasteiger partial charge in [0.25, 0.3) is 0 Å². The number of fused-ring (bicyclic) bond motifs is 3. The summed E-state index contributed by atoms with van der Waals surface area (Å²) in [5.41, 5.74) is 3.83. The normalized spacial score (nSPS) is 20.8. The number of carboxylic acids is 2. The number of pyridine rings is 1. The van der Waals surface area contributed by atoms with Gasteiger partial charge < -0.3 is 34.5 Å². The zero-order valence-electron chi connectivity index (χ0n) is 21.0. The maximum Gasteiger partial charge on any atom is 0.333 e. The molecule has 0 spiro atoms. The Labute approximate surface area is 213 Å². The number of aryl methyl sites for hydroxylation is 1. The van der Waals surface area contributed by atoms with Crippen LogP contribution in [0.4, 0.5) is 0 Å². The third kappa shape index (κ3) is 6.55. The first-order valence-electron chi connectivity index (χ1n) is 12.0. The number of hydrogen-bond acceptors (Lipinski definition) is 8. The van der Waals surface area contributed by atoms with Crippen molar-refractivity contribution < 1.29 is 39.5 Å². The summed E-state index contributed by atoms with van der Waals surface area (Å²) < 4.78 is 12.9. The van der Waals surface area contributed by atoms with Gasteiger partial charge in [-0.3, -0.25) is 14.6 Å². The van der Waals surface area contributed by atoms with Crippen molar-refractivity contribution in [3.05, 3.63) is 57.5 Å². The van der Waals surface area contributed by atoms with Crippen molar-refractivity contribution in [2.24, 2.45) is 12.0 Å². The van der Waals surface area contributed by atoms with Gasteiger partial charge in [0.15, 0.2) is 17.6 Å². The number of aliphatic hydroxyl groups excluding tert-OH is 2. The number of aliphatic hydroxyl groups is 2. The number of aliphatic carboxylic acids is 2. The lowest BCUT2D eigenvalue weighted by molar-refractivity contribution is -0.152. The molecule has 1 aliphatic heterocycles. The topological polar surface area (TPSA) is 168 Å². The predicted molar refractivity (Wildman–Crippen MR) is 134 cm³/mol. The first-order valence-corrected chi connectivity index (χ1v) is 12.0. The van der Waals surface area contributed by atoms with Crippen molar-refractivity contribution in [2.75, 3.05) is 13.7 Å². The molecule has 1 aromatic heterocycles. The largest absolute Gasteiger partial charge is 0.493 e. The van der Waals surface area contributed by atoms with E-state index >= 15 is 0 Å². The van der Waals surface area contributed by atoms with Gasteiger partial charge in [-0.25, -0.2) is 4.79 Å². The van der Waals surface area contributed by atoms with Gasteiger partial charge in [0.2, 0.25) is 5.56 Å². The Morgan fingerprint density at radius 2 is 1.92 bits per heavy atom. The van der Waals surface area contributed by atoms with E-state index < -0.39 is 24.5 Å². The van der Waals surface area contributed by atoms with Crippen molar-refractivity contribution >= 4 is 17.7 Å². The molecule has 11 heteroatoms. The van der Waals surface area contributed by atoms with E-state index in [1.54, 1.807) is 24.8 Å². The van der Waals surface area contributed by atoms with Gasteiger partial charge in [-0.15, -0.1) is 0 Å². The zero-order valence-corrected chi connectivity index (χ0v) is 21.0. The summed E-state index contributed by atoms with van der Waals surface area (Å²) in [5, 5.41) is 34.4. The Hall–Kier alpha value is -3.70. The molecule has 1 saturated carbocycles. The first kappa shape index (κ1) is 27.9. The molecule has 4 rings (SSSR count). The molecule has 0 saturated heterocycles. The van der Waals surface area contributed by atoms with Gasteiger partial charge in [0.05, 0.1) is 38.0 Å². The Morgan fingerprint density at radius 3 is 2.49 bits per heavy atom. The number of ether oxygens (including phenoxy) is 2. The number of benzene rings is 1. The molecule has 1 aromatic carbocycles. The summed E-state index contributed by atoms with van der Waals surface area (Å²) in [6.45, 7) is 2.50. The van der Waals surface area contributed by atoms with Crippen LogP contribution >= 0.6 is 0 Å². The fourth-order valence-corrected chi connectivity index (χ4v) is 4.59. The van der Waals surface area contributed by atoms with Gasteiger partial charge in [-0.1, -0.05) is 0 Å². The van der Waals surface area contributed by atoms with E-state index in [1.165, 1.54) is 0 Å². The van der Waals surface area contributed by atoms with Crippen LogP contribution in [0.25, 0.3) is 0 Å². The van der Waals surface area contributed by atoms with E-state index in [0.29, 0.717) is 24.5 Å². The van der Waals surface area contributed by atoms with E-state index in [4.69, 9.17) is 29.8 Å². The van der Waals surface area contributed by atoms with Gasteiger partial charge in [-0.05, 0) is 49.9 Å². The Kier molecular flexibility index (Phi) is 9.06. The van der Waals surface area contributed by atoms with Gasteiger partial charge in [-0.2, -0.15) is 0 Å². The minimum Gasteiger partial charge on any atom is -0.493 e. The number of methoxy groups -OCH3 is 1. The highest BCUT2D eigenvalue weighted by Crippen LogP contribution is 2.44. The van der Waals surface area contributed by atoms with E-state index in [-0.39, 0.29) is 23.6 Å². The minimum absolute atomic E-state index is 0.0525. The van der Waals surface area contributed by atoms with Crippen molar-refractivity contribution in [1.82, 2.24) is 4.57 Å². The van der Waals surface area contributed by atoms with Crippen molar-refractivity contribution in [3.63, 3.8) is 0 Å². The molecule has 1 aliphatic carbocycles. The quantitative estimate of drug-likeness (QED) is 0.427. The summed E-state index contributed by atoms with van der Waals surface area (Å²) in [4.78, 5) is 36.3. The molecule has 2 aromatic rings. The molecule has 0 bridgehead atoms. The van der Waals surface area contributed by atoms with Crippen LogP contribution in [0.2, 0.25) is 0 Å². The van der Waals surface area contributed by atoms with Crippen LogP contribution in [0.5, 0.6) is 11.5 Å². The number of rotatable bonds is 7. The number of hydrogen-bond donors (Lipinski definition) is 4. The van der Waals surface area contributed by atoms with Crippen LogP contribution in [-0.2, 0) is 16.6 Å². The lowest BCUT2D eigenvalue weighted by atomic mass is 9.74. The molecule has 0 amide bonds. The number of carboxylic acid groups (broad SMARTS) is 2. The fourth-order valence-electron chi connectivity index (χ4n) is 4.59. The van der Waals surface area contributed by atoms with Gasteiger partial charge in [0, 0.05) is 36.4 Å². The van der Waals surface area contributed by atoms with Crippen molar-refractivity contribution in [2.45, 2.75) is 56.8 Å². The van der Waals surface area contributed by atoms with Crippen LogP contribution in [0.1, 0.15) is 55.2 Å². The maximum absolute atomic E-state index is 11.8. The van der Waals surface area contributed by atoms with Crippen LogP contribution in [0.3, 0.4) is 0 Å². The highest BCUT2D eigenvalue weighted by atomic mass is 16.5. The SMILES string of the molecule is CCOc1cc2c(cc1OC)C(c1ccc(=O)n(C)c1)=N[C@@H]1CC[C@@H](O)C[C@H]21.O=C(O)C[C@H](O)C(=O)O. The average molecular weight is 517 g/mol. The van der Waals surface area contributed by atoms with Gasteiger partial charge in [0.1, 0.15) is 0 Å². The molecular weight excluding hydrogens is 484 g/mol. The van der Waals surface area contributed by atoms with Gasteiger partial charge >= 0.3 is 11.9 Å². The highest BCUT2D eigenvalue weighted by Gasteiger charge is 2.37. The molecular formula is C26H32N2O9. The Bertz CT molecular complexity index is 1240. The van der Waals surface area contributed by atoms with Crippen LogP contribution < -0.4 is 15.0 Å². The van der Waals surface area contributed by atoms with E-state index in [1.807, 2.05) is 31.3 Å². The minimum atomic E-state index is -1.79. The summed E-state index contributed by atoms with van der Waals surface area (Å²) in [7, 11) is 3.37. The van der Waals surface area contributed by atoms with Crippen LogP contribution in [0.15, 0.2) is 40.2 Å². The smallest absolute Gasteiger partial charge is 0.333 e. The summed E-state index contributed by atoms with van der Waals surface area (Å²) in [6, 6.07) is 7.53. The lowest BCUT2D eigenvalue weighted by Gasteiger charge is -2.37. The molecule has 0 unspecified atom stereocenters. The van der Waals surface area contributed by atoms with Crippen LogP contribution in [0, 0.1) is 0 Å². The lowest BCUT2D eigenvalue weighted by Crippen LogP contribution is -2.34. The number of aromatic nitrogens is 1. The Balaban J connectivity index is 0.000000364. The second-order valence-electron chi connectivity index (χ2n) is 8.96. The molecule has 4 atom stereocenters. The standard InChI is InChI=1S/C22H26N2O4.C4H6O5/c1-4-28-20-10-15-16-9-14(25)6-7-18(16)23-22(17(15)11-19(20)27-3)13-5-8-21(26)24(2)12-13;5-2(4(8)9)1-3(6)7/h5,8,10-12,14,16,18,25H,4,6-7,9H2,1-3H3;2,5H,1H2,(H,6,7)(H,8,9)/t14-,16-,18-;2-/m10/s1. The molecule has 0 radical (unpaired) electrons. The number of carbonyl (C=O) groups is 2. The number of aliphatic imine (C=N–C) groups is 1. The van der Waals surface area contributed by atoms with E-state index in [2.05, 4.69) is 0 Å². The molecule has 2 aliphatic rings. The third-order valence-corrected chi connectivity index (χ3v) is 6.38. The molecule has 200 valence electrons. The zero-order chi connectivity index (χ0) is 27.3. The third-order valence-electron chi connectivity index (χ3n) is 6.38.